The second kappa shape index (κ2) is 7.82. The van der Waals surface area contributed by atoms with Crippen molar-refractivity contribution in [3.8, 4) is 0 Å². The fourth-order valence-corrected chi connectivity index (χ4v) is 8.04. The molecule has 3 rings (SSSR count). The van der Waals surface area contributed by atoms with E-state index in [2.05, 4.69) is 34.5 Å². The normalized spacial score (nSPS) is 21.9. The highest BCUT2D eigenvalue weighted by Crippen LogP contribution is 2.29. The van der Waals surface area contributed by atoms with Crippen LogP contribution in [-0.4, -0.2) is 34.2 Å². The van der Waals surface area contributed by atoms with Gasteiger partial charge in [0, 0.05) is 18.8 Å². The zero-order chi connectivity index (χ0) is 19.8. The Bertz CT molecular complexity index is 1010. The number of anilines is 1. The molecule has 1 aliphatic rings. The van der Waals surface area contributed by atoms with Crippen LogP contribution in [0.1, 0.15) is 20.3 Å². The molecule has 1 aromatic heterocycles. The molecule has 2 aromatic rings. The van der Waals surface area contributed by atoms with Gasteiger partial charge in [0.05, 0.1) is 8.68 Å². The third-order valence-electron chi connectivity index (χ3n) is 4.39. The number of benzene rings is 1. The topological polar surface area (TPSA) is 83.6 Å². The minimum atomic E-state index is -3.70. The molecule has 1 aromatic carbocycles. The van der Waals surface area contributed by atoms with Crippen LogP contribution in [-0.2, 0) is 20.0 Å². The summed E-state index contributed by atoms with van der Waals surface area (Å²) in [5.41, 5.74) is 0.318. The van der Waals surface area contributed by atoms with Crippen molar-refractivity contribution in [2.75, 3.05) is 17.8 Å². The lowest BCUT2D eigenvalue weighted by Gasteiger charge is -2.34. The van der Waals surface area contributed by atoms with Crippen LogP contribution >= 0.6 is 27.3 Å². The molecule has 1 N–H and O–H groups in total. The predicted octanol–water partition coefficient (Wildman–Crippen LogP) is 3.98. The molecule has 6 nitrogen and oxygen atoms in total. The van der Waals surface area contributed by atoms with E-state index in [-0.39, 0.29) is 9.10 Å². The average molecular weight is 493 g/mol. The zero-order valence-corrected chi connectivity index (χ0v) is 19.0. The van der Waals surface area contributed by atoms with E-state index < -0.39 is 20.0 Å². The van der Waals surface area contributed by atoms with E-state index in [1.807, 2.05) is 0 Å². The van der Waals surface area contributed by atoms with E-state index in [1.165, 1.54) is 34.6 Å². The van der Waals surface area contributed by atoms with Crippen molar-refractivity contribution in [3.63, 3.8) is 0 Å². The van der Waals surface area contributed by atoms with Crippen molar-refractivity contribution in [1.82, 2.24) is 4.31 Å². The van der Waals surface area contributed by atoms with Crippen LogP contribution in [0, 0.1) is 11.8 Å². The summed E-state index contributed by atoms with van der Waals surface area (Å²) in [4.78, 5) is 0.172. The van der Waals surface area contributed by atoms with Crippen molar-refractivity contribution in [1.29, 1.82) is 0 Å². The Hall–Kier alpha value is -0.940. The number of thiophene rings is 1. The molecule has 148 valence electrons. The Kier molecular flexibility index (Phi) is 6.02. The van der Waals surface area contributed by atoms with Gasteiger partial charge in [0.2, 0.25) is 10.0 Å². The number of piperidine rings is 1. The molecule has 0 spiro atoms. The quantitative estimate of drug-likeness (QED) is 0.683. The first-order valence-corrected chi connectivity index (χ1v) is 13.0. The summed E-state index contributed by atoms with van der Waals surface area (Å²) >= 11 is 4.35. The Morgan fingerprint density at radius 1 is 1.00 bits per heavy atom. The van der Waals surface area contributed by atoms with Crippen LogP contribution in [0.5, 0.6) is 0 Å². The molecular formula is C17H21BrN2O4S3. The summed E-state index contributed by atoms with van der Waals surface area (Å²) in [6.45, 7) is 5.13. The number of rotatable bonds is 5. The summed E-state index contributed by atoms with van der Waals surface area (Å²) in [5.74, 6) is 0.638. The summed E-state index contributed by atoms with van der Waals surface area (Å²) in [6.07, 6.45) is 1.02. The number of halogens is 1. The van der Waals surface area contributed by atoms with Gasteiger partial charge in [0.1, 0.15) is 4.21 Å². The van der Waals surface area contributed by atoms with Crippen LogP contribution in [0.4, 0.5) is 5.69 Å². The lowest BCUT2D eigenvalue weighted by Crippen LogP contribution is -2.42. The van der Waals surface area contributed by atoms with Crippen molar-refractivity contribution in [2.45, 2.75) is 29.4 Å². The first kappa shape index (κ1) is 20.8. The SMILES string of the molecule is C[C@@H]1C[C@H](C)CN(S(=O)(=O)c2ccc(NS(=O)(=O)c3ccc(Br)s3)cc2)C1. The van der Waals surface area contributed by atoms with E-state index >= 15 is 0 Å². The molecule has 0 aliphatic carbocycles. The molecule has 1 aliphatic heterocycles. The predicted molar refractivity (Wildman–Crippen MR) is 111 cm³/mol. The first-order chi connectivity index (χ1) is 12.6. The van der Waals surface area contributed by atoms with Gasteiger partial charge in [0.25, 0.3) is 10.0 Å². The highest BCUT2D eigenvalue weighted by Gasteiger charge is 2.31. The van der Waals surface area contributed by atoms with E-state index in [9.17, 15) is 16.8 Å². The number of hydrogen-bond donors (Lipinski definition) is 1. The molecule has 27 heavy (non-hydrogen) atoms. The maximum absolute atomic E-state index is 12.9. The highest BCUT2D eigenvalue weighted by molar-refractivity contribution is 9.11. The monoisotopic (exact) mass is 492 g/mol. The molecule has 1 fully saturated rings. The lowest BCUT2D eigenvalue weighted by atomic mass is 9.94. The summed E-state index contributed by atoms with van der Waals surface area (Å²) < 4.78 is 55.4. The fourth-order valence-electron chi connectivity index (χ4n) is 3.29. The van der Waals surface area contributed by atoms with Crippen LogP contribution in [0.3, 0.4) is 0 Å². The van der Waals surface area contributed by atoms with Gasteiger partial charge in [-0.3, -0.25) is 4.72 Å². The van der Waals surface area contributed by atoms with Crippen molar-refractivity contribution >= 4 is 53.0 Å². The van der Waals surface area contributed by atoms with E-state index in [0.29, 0.717) is 34.4 Å². The fraction of sp³-hybridized carbons (Fsp3) is 0.412. The van der Waals surface area contributed by atoms with Crippen molar-refractivity contribution in [3.05, 3.63) is 40.2 Å². The maximum atomic E-state index is 12.9. The van der Waals surface area contributed by atoms with Gasteiger partial charge in [-0.2, -0.15) is 4.31 Å². The number of hydrogen-bond acceptors (Lipinski definition) is 5. The van der Waals surface area contributed by atoms with Crippen LogP contribution in [0.2, 0.25) is 0 Å². The smallest absolute Gasteiger partial charge is 0.271 e. The molecule has 1 saturated heterocycles. The second-order valence-corrected chi connectivity index (χ2v) is 13.3. The summed E-state index contributed by atoms with van der Waals surface area (Å²) in [7, 11) is -7.28. The first-order valence-electron chi connectivity index (χ1n) is 8.46. The van der Waals surface area contributed by atoms with Gasteiger partial charge in [-0.25, -0.2) is 16.8 Å². The molecule has 0 radical (unpaired) electrons. The van der Waals surface area contributed by atoms with Crippen molar-refractivity contribution < 1.29 is 16.8 Å². The molecule has 10 heteroatoms. The Labute approximate surface area is 172 Å². The minimum Gasteiger partial charge on any atom is -0.279 e. The molecule has 0 unspecified atom stereocenters. The van der Waals surface area contributed by atoms with Gasteiger partial charge in [-0.1, -0.05) is 13.8 Å². The molecule has 0 bridgehead atoms. The standard InChI is InChI=1S/C17H21BrN2O4S3/c1-12-9-13(2)11-20(10-12)27(23,24)15-5-3-14(4-6-15)19-26(21,22)17-8-7-16(18)25-17/h3-8,12-13,19H,9-11H2,1-2H3/t12-,13+. The Morgan fingerprint density at radius 2 is 1.59 bits per heavy atom. The van der Waals surface area contributed by atoms with Crippen LogP contribution in [0.15, 0.2) is 49.3 Å². The molecule has 2 atom stereocenters. The highest BCUT2D eigenvalue weighted by atomic mass is 79.9. The Balaban J connectivity index is 1.79. The van der Waals surface area contributed by atoms with E-state index in [1.54, 1.807) is 6.07 Å². The molecule has 0 saturated carbocycles. The van der Waals surface area contributed by atoms with Gasteiger partial charge in [-0.15, -0.1) is 11.3 Å². The number of sulfonamides is 2. The van der Waals surface area contributed by atoms with E-state index in [0.717, 1.165) is 17.8 Å². The molecule has 2 heterocycles. The second-order valence-electron chi connectivity index (χ2n) is 6.96. The molecular weight excluding hydrogens is 472 g/mol. The third-order valence-corrected chi connectivity index (χ3v) is 9.74. The minimum absolute atomic E-state index is 0.172. The Morgan fingerprint density at radius 3 is 2.11 bits per heavy atom. The maximum Gasteiger partial charge on any atom is 0.271 e. The van der Waals surface area contributed by atoms with Gasteiger partial charge in [0.15, 0.2) is 0 Å². The van der Waals surface area contributed by atoms with Crippen LogP contribution < -0.4 is 4.72 Å². The zero-order valence-electron chi connectivity index (χ0n) is 14.9. The summed E-state index contributed by atoms with van der Waals surface area (Å²) in [6, 6.07) is 9.01. The summed E-state index contributed by atoms with van der Waals surface area (Å²) in [5, 5.41) is 0. The molecule has 0 amide bonds. The third kappa shape index (κ3) is 4.73. The van der Waals surface area contributed by atoms with E-state index in [4.69, 9.17) is 0 Å². The number of nitrogens with zero attached hydrogens (tertiary/aromatic N) is 1. The van der Waals surface area contributed by atoms with Gasteiger partial charge < -0.3 is 0 Å². The largest absolute Gasteiger partial charge is 0.279 e. The number of nitrogens with one attached hydrogen (secondary N) is 1. The van der Waals surface area contributed by atoms with Gasteiger partial charge in [-0.05, 0) is 70.6 Å². The van der Waals surface area contributed by atoms with Crippen LogP contribution in [0.25, 0.3) is 0 Å². The lowest BCUT2D eigenvalue weighted by molar-refractivity contribution is 0.222. The average Bonchev–Trinajstić information content (AvgIpc) is 3.01. The van der Waals surface area contributed by atoms with Crippen molar-refractivity contribution in [2.24, 2.45) is 11.8 Å². The van der Waals surface area contributed by atoms with Gasteiger partial charge >= 0.3 is 0 Å².